The van der Waals surface area contributed by atoms with Gasteiger partial charge in [0.15, 0.2) is 0 Å². The molecule has 3 rings (SSSR count). The van der Waals surface area contributed by atoms with Crippen molar-refractivity contribution in [1.29, 1.82) is 0 Å². The Morgan fingerprint density at radius 3 is 1.91 bits per heavy atom. The summed E-state index contributed by atoms with van der Waals surface area (Å²) in [5.74, 6) is 0.873. The number of aryl methyl sites for hydroxylation is 1. The van der Waals surface area contributed by atoms with Crippen molar-refractivity contribution in [2.75, 3.05) is 0 Å². The summed E-state index contributed by atoms with van der Waals surface area (Å²) in [7, 11) is 0. The summed E-state index contributed by atoms with van der Waals surface area (Å²) in [6.45, 7) is 6.43. The van der Waals surface area contributed by atoms with Gasteiger partial charge in [-0.25, -0.2) is 0 Å². The lowest BCUT2D eigenvalue weighted by molar-refractivity contribution is 0.306. The van der Waals surface area contributed by atoms with Gasteiger partial charge in [-0.05, 0) is 41.3 Å². The monoisotopic (exact) mass is 300 g/mol. The van der Waals surface area contributed by atoms with Crippen LogP contribution in [0.2, 0.25) is 0 Å². The minimum Gasteiger partial charge on any atom is -0.489 e. The Kier molecular flexibility index (Phi) is 4.58. The summed E-state index contributed by atoms with van der Waals surface area (Å²) >= 11 is 0. The molecule has 0 atom stereocenters. The number of benzene rings is 3. The smallest absolute Gasteiger partial charge is 0.119 e. The zero-order valence-electron chi connectivity index (χ0n) is 13.3. The third-order valence-corrected chi connectivity index (χ3v) is 3.86. The summed E-state index contributed by atoms with van der Waals surface area (Å²) < 4.78 is 5.82. The van der Waals surface area contributed by atoms with Gasteiger partial charge in [0.2, 0.25) is 0 Å². The number of hydrogen-bond donors (Lipinski definition) is 0. The number of hydrogen-bond acceptors (Lipinski definition) is 1. The molecule has 23 heavy (non-hydrogen) atoms. The molecule has 114 valence electrons. The molecule has 0 aliphatic heterocycles. The van der Waals surface area contributed by atoms with E-state index in [2.05, 4.69) is 62.0 Å². The molecule has 0 radical (unpaired) electrons. The third kappa shape index (κ3) is 3.89. The quantitative estimate of drug-likeness (QED) is 0.571. The van der Waals surface area contributed by atoms with Crippen LogP contribution in [0, 0.1) is 6.92 Å². The van der Waals surface area contributed by atoms with Gasteiger partial charge >= 0.3 is 0 Å². The van der Waals surface area contributed by atoms with E-state index in [1.54, 1.807) is 0 Å². The first-order valence-corrected chi connectivity index (χ1v) is 7.76. The largest absolute Gasteiger partial charge is 0.489 e. The highest BCUT2D eigenvalue weighted by Gasteiger charge is 2.00. The molecular formula is C22H20O. The predicted octanol–water partition coefficient (Wildman–Crippen LogP) is 5.88. The van der Waals surface area contributed by atoms with E-state index >= 15 is 0 Å². The topological polar surface area (TPSA) is 9.23 Å². The Morgan fingerprint density at radius 2 is 1.35 bits per heavy atom. The van der Waals surface area contributed by atoms with Crippen molar-refractivity contribution >= 4 is 6.08 Å². The molecule has 0 unspecified atom stereocenters. The van der Waals surface area contributed by atoms with Gasteiger partial charge in [0.1, 0.15) is 12.4 Å². The molecule has 0 aliphatic rings. The highest BCUT2D eigenvalue weighted by atomic mass is 16.5. The fourth-order valence-corrected chi connectivity index (χ4v) is 2.41. The first-order chi connectivity index (χ1) is 11.2. The van der Waals surface area contributed by atoms with Crippen LogP contribution in [0.15, 0.2) is 79.4 Å². The minimum absolute atomic E-state index is 0.571. The lowest BCUT2D eigenvalue weighted by Gasteiger charge is -2.08. The van der Waals surface area contributed by atoms with E-state index in [0.29, 0.717) is 6.61 Å². The SMILES string of the molecule is C=Cc1ccc(OCc2ccc(-c3ccc(C)cc3)cc2)cc1. The first kappa shape index (κ1) is 15.1. The van der Waals surface area contributed by atoms with E-state index in [-0.39, 0.29) is 0 Å². The fraction of sp³-hybridized carbons (Fsp3) is 0.0909. The molecule has 0 heterocycles. The molecule has 0 saturated carbocycles. The van der Waals surface area contributed by atoms with Crippen molar-refractivity contribution in [1.82, 2.24) is 0 Å². The van der Waals surface area contributed by atoms with E-state index in [0.717, 1.165) is 16.9 Å². The second-order valence-electron chi connectivity index (χ2n) is 5.62. The first-order valence-electron chi connectivity index (χ1n) is 7.76. The minimum atomic E-state index is 0.571. The Bertz CT molecular complexity index is 766. The van der Waals surface area contributed by atoms with Gasteiger partial charge in [0, 0.05) is 0 Å². The Labute approximate surface area is 137 Å². The lowest BCUT2D eigenvalue weighted by Crippen LogP contribution is -1.95. The van der Waals surface area contributed by atoms with Gasteiger partial charge in [0.05, 0.1) is 0 Å². The average molecular weight is 300 g/mol. The summed E-state index contributed by atoms with van der Waals surface area (Å²) in [4.78, 5) is 0. The Balaban J connectivity index is 1.65. The maximum atomic E-state index is 5.82. The normalized spacial score (nSPS) is 10.3. The molecular weight excluding hydrogens is 280 g/mol. The van der Waals surface area contributed by atoms with Crippen LogP contribution in [0.3, 0.4) is 0 Å². The van der Waals surface area contributed by atoms with Crippen molar-refractivity contribution in [3.05, 3.63) is 96.1 Å². The van der Waals surface area contributed by atoms with E-state index < -0.39 is 0 Å². The van der Waals surface area contributed by atoms with E-state index in [1.165, 1.54) is 16.7 Å². The highest BCUT2D eigenvalue weighted by Crippen LogP contribution is 2.21. The van der Waals surface area contributed by atoms with Gasteiger partial charge in [-0.2, -0.15) is 0 Å². The Hall–Kier alpha value is -2.80. The molecule has 1 heteroatoms. The molecule has 0 aromatic heterocycles. The second-order valence-corrected chi connectivity index (χ2v) is 5.62. The summed E-state index contributed by atoms with van der Waals surface area (Å²) in [5.41, 5.74) is 6.00. The van der Waals surface area contributed by atoms with Crippen molar-refractivity contribution in [3.8, 4) is 16.9 Å². The lowest BCUT2D eigenvalue weighted by atomic mass is 10.0. The fourth-order valence-electron chi connectivity index (χ4n) is 2.41. The number of ether oxygens (including phenoxy) is 1. The predicted molar refractivity (Wildman–Crippen MR) is 97.5 cm³/mol. The van der Waals surface area contributed by atoms with Gasteiger partial charge in [-0.15, -0.1) is 0 Å². The highest BCUT2D eigenvalue weighted by molar-refractivity contribution is 5.63. The second kappa shape index (κ2) is 6.97. The molecule has 0 spiro atoms. The van der Waals surface area contributed by atoms with Crippen molar-refractivity contribution in [2.45, 2.75) is 13.5 Å². The number of rotatable bonds is 5. The van der Waals surface area contributed by atoms with Crippen LogP contribution in [0.4, 0.5) is 0 Å². The van der Waals surface area contributed by atoms with Gasteiger partial charge in [-0.3, -0.25) is 0 Å². The van der Waals surface area contributed by atoms with Crippen LogP contribution in [0.25, 0.3) is 17.2 Å². The van der Waals surface area contributed by atoms with Gasteiger partial charge in [-0.1, -0.05) is 78.9 Å². The molecule has 3 aromatic rings. The summed E-state index contributed by atoms with van der Waals surface area (Å²) in [5, 5.41) is 0. The molecule has 0 amide bonds. The van der Waals surface area contributed by atoms with E-state index in [9.17, 15) is 0 Å². The molecule has 0 fully saturated rings. The molecule has 0 aliphatic carbocycles. The maximum Gasteiger partial charge on any atom is 0.119 e. The molecule has 1 nitrogen and oxygen atoms in total. The zero-order chi connectivity index (χ0) is 16.1. The van der Waals surface area contributed by atoms with Gasteiger partial charge < -0.3 is 4.74 Å². The maximum absolute atomic E-state index is 5.82. The standard InChI is InChI=1S/C22H20O/c1-3-18-8-14-22(15-9-18)23-16-19-6-12-21(13-7-19)20-10-4-17(2)5-11-20/h3-15H,1,16H2,2H3. The van der Waals surface area contributed by atoms with E-state index in [4.69, 9.17) is 4.74 Å². The van der Waals surface area contributed by atoms with Crippen LogP contribution < -0.4 is 4.74 Å². The Morgan fingerprint density at radius 1 is 0.783 bits per heavy atom. The third-order valence-electron chi connectivity index (χ3n) is 3.86. The summed E-state index contributed by atoms with van der Waals surface area (Å²) in [6.07, 6.45) is 1.83. The van der Waals surface area contributed by atoms with Crippen LogP contribution in [-0.4, -0.2) is 0 Å². The van der Waals surface area contributed by atoms with Crippen LogP contribution in [0.1, 0.15) is 16.7 Å². The summed E-state index contributed by atoms with van der Waals surface area (Å²) in [6, 6.07) is 25.1. The molecule has 0 bridgehead atoms. The zero-order valence-corrected chi connectivity index (χ0v) is 13.3. The van der Waals surface area contributed by atoms with Crippen molar-refractivity contribution in [3.63, 3.8) is 0 Å². The van der Waals surface area contributed by atoms with Crippen molar-refractivity contribution < 1.29 is 4.74 Å². The van der Waals surface area contributed by atoms with Gasteiger partial charge in [0.25, 0.3) is 0 Å². The van der Waals surface area contributed by atoms with E-state index in [1.807, 2.05) is 30.3 Å². The van der Waals surface area contributed by atoms with Crippen LogP contribution >= 0.6 is 0 Å². The van der Waals surface area contributed by atoms with Crippen LogP contribution in [-0.2, 0) is 6.61 Å². The molecule has 3 aromatic carbocycles. The van der Waals surface area contributed by atoms with Crippen molar-refractivity contribution in [2.24, 2.45) is 0 Å². The molecule has 0 N–H and O–H groups in total. The van der Waals surface area contributed by atoms with Crippen LogP contribution in [0.5, 0.6) is 5.75 Å². The average Bonchev–Trinajstić information content (AvgIpc) is 2.61. The molecule has 0 saturated heterocycles.